The van der Waals surface area contributed by atoms with E-state index in [-0.39, 0.29) is 17.0 Å². The summed E-state index contributed by atoms with van der Waals surface area (Å²) in [6.07, 6.45) is 4.57. The van der Waals surface area contributed by atoms with Crippen LogP contribution in [-0.2, 0) is 10.0 Å². The lowest BCUT2D eigenvalue weighted by atomic mass is 10.1. The van der Waals surface area contributed by atoms with Gasteiger partial charge in [0.15, 0.2) is 0 Å². The summed E-state index contributed by atoms with van der Waals surface area (Å²) in [4.78, 5) is 13.1. The van der Waals surface area contributed by atoms with Crippen molar-refractivity contribution in [3.8, 4) is 0 Å². The number of carboxylic acids is 1. The highest BCUT2D eigenvalue weighted by atomic mass is 32.2. The van der Waals surface area contributed by atoms with Crippen LogP contribution < -0.4 is 9.62 Å². The first-order chi connectivity index (χ1) is 10.5. The number of piperidine rings is 1. The molecule has 0 aliphatic carbocycles. The predicted molar refractivity (Wildman–Crippen MR) is 84.9 cm³/mol. The molecule has 0 saturated carbocycles. The Morgan fingerprint density at radius 2 is 2.00 bits per heavy atom. The van der Waals surface area contributed by atoms with Crippen LogP contribution in [0.5, 0.6) is 0 Å². The largest absolute Gasteiger partial charge is 0.478 e. The van der Waals surface area contributed by atoms with Crippen LogP contribution in [0, 0.1) is 0 Å². The van der Waals surface area contributed by atoms with Crippen molar-refractivity contribution < 1.29 is 18.3 Å². The van der Waals surface area contributed by atoms with Crippen LogP contribution in [0.15, 0.2) is 35.7 Å². The Hall–Kier alpha value is -1.86. The van der Waals surface area contributed by atoms with E-state index in [1.165, 1.54) is 18.2 Å². The van der Waals surface area contributed by atoms with Gasteiger partial charge in [-0.3, -0.25) is 0 Å². The Kier molecular flexibility index (Phi) is 5.20. The van der Waals surface area contributed by atoms with Crippen LogP contribution in [0.25, 0.3) is 0 Å². The second kappa shape index (κ2) is 6.93. The fourth-order valence-electron chi connectivity index (χ4n) is 2.50. The van der Waals surface area contributed by atoms with Crippen molar-refractivity contribution >= 4 is 21.7 Å². The minimum Gasteiger partial charge on any atom is -0.478 e. The molecule has 0 unspecified atom stereocenters. The Labute approximate surface area is 130 Å². The fourth-order valence-corrected chi connectivity index (χ4v) is 3.75. The maximum atomic E-state index is 12.5. The standard InChI is InChI=1S/C15H20N2O4S/c1-2-8-16-22(20,21)14-11-12(15(18)19)6-7-13(14)17-9-4-3-5-10-17/h2,6-7,11,16H,1,3-5,8-10H2,(H,18,19). The zero-order chi connectivity index (χ0) is 16.2. The molecule has 22 heavy (non-hydrogen) atoms. The van der Waals surface area contributed by atoms with Gasteiger partial charge in [-0.25, -0.2) is 17.9 Å². The summed E-state index contributed by atoms with van der Waals surface area (Å²) in [5.74, 6) is -1.15. The summed E-state index contributed by atoms with van der Waals surface area (Å²) < 4.78 is 27.3. The number of carboxylic acid groups (broad SMARTS) is 1. The zero-order valence-corrected chi connectivity index (χ0v) is 13.1. The number of nitrogens with one attached hydrogen (secondary N) is 1. The molecule has 1 aromatic carbocycles. The lowest BCUT2D eigenvalue weighted by Gasteiger charge is -2.30. The molecule has 7 heteroatoms. The maximum absolute atomic E-state index is 12.5. The molecule has 6 nitrogen and oxygen atoms in total. The minimum atomic E-state index is -3.78. The molecule has 1 saturated heterocycles. The number of nitrogens with zero attached hydrogens (tertiary/aromatic N) is 1. The van der Waals surface area contributed by atoms with Gasteiger partial charge in [0, 0.05) is 19.6 Å². The summed E-state index contributed by atoms with van der Waals surface area (Å²) in [6, 6.07) is 4.24. The first-order valence-corrected chi connectivity index (χ1v) is 8.67. The lowest BCUT2D eigenvalue weighted by Crippen LogP contribution is -2.32. The van der Waals surface area contributed by atoms with E-state index in [1.54, 1.807) is 6.07 Å². The quantitative estimate of drug-likeness (QED) is 0.780. The smallest absolute Gasteiger partial charge is 0.335 e. The third-order valence-corrected chi connectivity index (χ3v) is 5.06. The molecule has 1 heterocycles. The Balaban J connectivity index is 2.48. The monoisotopic (exact) mass is 324 g/mol. The SMILES string of the molecule is C=CCNS(=O)(=O)c1cc(C(=O)O)ccc1N1CCCCC1. The van der Waals surface area contributed by atoms with Gasteiger partial charge in [0.05, 0.1) is 11.3 Å². The highest BCUT2D eigenvalue weighted by Gasteiger charge is 2.24. The van der Waals surface area contributed by atoms with E-state index in [1.807, 2.05) is 4.90 Å². The highest BCUT2D eigenvalue weighted by molar-refractivity contribution is 7.89. The third-order valence-electron chi connectivity index (χ3n) is 3.61. The van der Waals surface area contributed by atoms with Gasteiger partial charge in [-0.05, 0) is 37.5 Å². The Morgan fingerprint density at radius 1 is 1.32 bits per heavy atom. The third kappa shape index (κ3) is 3.66. The molecular formula is C15H20N2O4S. The number of carbonyl (C=O) groups is 1. The van der Waals surface area contributed by atoms with Gasteiger partial charge >= 0.3 is 5.97 Å². The van der Waals surface area contributed by atoms with Crippen molar-refractivity contribution in [2.45, 2.75) is 24.2 Å². The van der Waals surface area contributed by atoms with Gasteiger partial charge in [-0.1, -0.05) is 6.08 Å². The van der Waals surface area contributed by atoms with Crippen molar-refractivity contribution in [3.63, 3.8) is 0 Å². The Morgan fingerprint density at radius 3 is 2.59 bits per heavy atom. The highest BCUT2D eigenvalue weighted by Crippen LogP contribution is 2.29. The lowest BCUT2D eigenvalue weighted by molar-refractivity contribution is 0.0696. The van der Waals surface area contributed by atoms with E-state index in [0.29, 0.717) is 5.69 Å². The van der Waals surface area contributed by atoms with Crippen LogP contribution in [-0.4, -0.2) is 39.1 Å². The van der Waals surface area contributed by atoms with Crippen LogP contribution in [0.2, 0.25) is 0 Å². The summed E-state index contributed by atoms with van der Waals surface area (Å²) in [7, 11) is -3.78. The number of sulfonamides is 1. The van der Waals surface area contributed by atoms with Gasteiger partial charge in [-0.2, -0.15) is 0 Å². The summed E-state index contributed by atoms with van der Waals surface area (Å²) in [5.41, 5.74) is 0.515. The fraction of sp³-hybridized carbons (Fsp3) is 0.400. The van der Waals surface area contributed by atoms with E-state index >= 15 is 0 Å². The van der Waals surface area contributed by atoms with Crippen LogP contribution in [0.4, 0.5) is 5.69 Å². The second-order valence-electron chi connectivity index (χ2n) is 5.18. The molecular weight excluding hydrogens is 304 g/mol. The molecule has 2 rings (SSSR count). The summed E-state index contributed by atoms with van der Waals surface area (Å²) in [6.45, 7) is 5.13. The second-order valence-corrected chi connectivity index (χ2v) is 6.91. The van der Waals surface area contributed by atoms with E-state index < -0.39 is 16.0 Å². The molecule has 0 aromatic heterocycles. The van der Waals surface area contributed by atoms with Crippen molar-refractivity contribution in [1.29, 1.82) is 0 Å². The number of benzene rings is 1. The van der Waals surface area contributed by atoms with Gasteiger partial charge in [0.1, 0.15) is 4.90 Å². The molecule has 0 atom stereocenters. The summed E-state index contributed by atoms with van der Waals surface area (Å²) >= 11 is 0. The first kappa shape index (κ1) is 16.5. The van der Waals surface area contributed by atoms with Gasteiger partial charge in [-0.15, -0.1) is 6.58 Å². The van der Waals surface area contributed by atoms with E-state index in [2.05, 4.69) is 11.3 Å². The topological polar surface area (TPSA) is 86.7 Å². The van der Waals surface area contributed by atoms with Crippen molar-refractivity contribution in [2.24, 2.45) is 0 Å². The molecule has 1 aliphatic heterocycles. The zero-order valence-electron chi connectivity index (χ0n) is 12.3. The van der Waals surface area contributed by atoms with E-state index in [0.717, 1.165) is 32.4 Å². The molecule has 0 bridgehead atoms. The van der Waals surface area contributed by atoms with Gasteiger partial charge < -0.3 is 10.0 Å². The van der Waals surface area contributed by atoms with E-state index in [4.69, 9.17) is 5.11 Å². The van der Waals surface area contributed by atoms with Crippen LogP contribution in [0.1, 0.15) is 29.6 Å². The molecule has 1 aliphatic rings. The molecule has 120 valence electrons. The molecule has 0 spiro atoms. The Bertz CT molecular complexity index is 664. The average molecular weight is 324 g/mol. The van der Waals surface area contributed by atoms with Crippen molar-refractivity contribution in [3.05, 3.63) is 36.4 Å². The number of hydrogen-bond acceptors (Lipinski definition) is 4. The molecule has 1 aromatic rings. The molecule has 2 N–H and O–H groups in total. The van der Waals surface area contributed by atoms with Crippen molar-refractivity contribution in [2.75, 3.05) is 24.5 Å². The minimum absolute atomic E-state index is 0.0103. The van der Waals surface area contributed by atoms with Gasteiger partial charge in [0.25, 0.3) is 0 Å². The number of anilines is 1. The molecule has 0 amide bonds. The number of rotatable bonds is 6. The van der Waals surface area contributed by atoms with Crippen LogP contribution in [0.3, 0.4) is 0 Å². The van der Waals surface area contributed by atoms with E-state index in [9.17, 15) is 13.2 Å². The first-order valence-electron chi connectivity index (χ1n) is 7.18. The molecule has 1 fully saturated rings. The van der Waals surface area contributed by atoms with Crippen molar-refractivity contribution in [1.82, 2.24) is 4.72 Å². The van der Waals surface area contributed by atoms with Gasteiger partial charge in [0.2, 0.25) is 10.0 Å². The van der Waals surface area contributed by atoms with Crippen LogP contribution >= 0.6 is 0 Å². The summed E-state index contributed by atoms with van der Waals surface area (Å²) in [5, 5.41) is 9.11. The number of aromatic carboxylic acids is 1. The number of hydrogen-bond donors (Lipinski definition) is 2. The predicted octanol–water partition coefficient (Wildman–Crippen LogP) is 1.84. The normalized spacial score (nSPS) is 15.5. The maximum Gasteiger partial charge on any atom is 0.335 e. The average Bonchev–Trinajstić information content (AvgIpc) is 2.53. The molecule has 0 radical (unpaired) electrons.